The third kappa shape index (κ3) is 4.56. The second-order valence-electron chi connectivity index (χ2n) is 3.11. The molecule has 0 aliphatic carbocycles. The quantitative estimate of drug-likeness (QED) is 0.550. The van der Waals surface area contributed by atoms with Crippen LogP contribution in [0.3, 0.4) is 0 Å². The number of alkyl halides is 1. The third-order valence-corrected chi connectivity index (χ3v) is 2.41. The molecule has 14 heavy (non-hydrogen) atoms. The van der Waals surface area contributed by atoms with E-state index in [-0.39, 0.29) is 5.82 Å². The molecule has 1 aromatic rings. The Balaban J connectivity index is 2.28. The van der Waals surface area contributed by atoms with Gasteiger partial charge in [0.1, 0.15) is 5.82 Å². The first-order valence-corrected chi connectivity index (χ1v) is 5.90. The zero-order valence-corrected chi connectivity index (χ0v) is 9.63. The smallest absolute Gasteiger partial charge is 0.123 e. The van der Waals surface area contributed by atoms with Crippen LogP contribution in [0, 0.1) is 5.82 Å². The largest absolute Gasteiger partial charge is 0.207 e. The van der Waals surface area contributed by atoms with Crippen LogP contribution in [0.4, 0.5) is 4.39 Å². The minimum atomic E-state index is -0.163. The Morgan fingerprint density at radius 1 is 1.07 bits per heavy atom. The molecule has 2 heteroatoms. The normalized spacial score (nSPS) is 11.0. The van der Waals surface area contributed by atoms with Gasteiger partial charge in [0.15, 0.2) is 0 Å². The Bertz CT molecular complexity index is 277. The number of rotatable bonds is 5. The van der Waals surface area contributed by atoms with E-state index in [2.05, 4.69) is 28.1 Å². The fraction of sp³-hybridized carbons (Fsp3) is 0.333. The summed E-state index contributed by atoms with van der Waals surface area (Å²) in [5.41, 5.74) is 1.19. The SMILES string of the molecule is Fc1ccc(CCC=CCCBr)cc1. The molecule has 0 aliphatic heterocycles. The van der Waals surface area contributed by atoms with Crippen LogP contribution < -0.4 is 0 Å². The fourth-order valence-corrected chi connectivity index (χ4v) is 1.46. The standard InChI is InChI=1S/C12H14BrF/c13-10-4-2-1-3-5-11-6-8-12(14)9-7-11/h1-2,6-9H,3-5,10H2. The van der Waals surface area contributed by atoms with E-state index in [1.807, 2.05) is 12.1 Å². The number of aryl methyl sites for hydroxylation is 1. The summed E-state index contributed by atoms with van der Waals surface area (Å²) in [7, 11) is 0. The molecule has 1 rings (SSSR count). The predicted molar refractivity (Wildman–Crippen MR) is 62.3 cm³/mol. The van der Waals surface area contributed by atoms with Crippen molar-refractivity contribution < 1.29 is 4.39 Å². The number of benzene rings is 1. The minimum absolute atomic E-state index is 0.163. The molecule has 0 unspecified atom stereocenters. The van der Waals surface area contributed by atoms with Crippen LogP contribution in [0.2, 0.25) is 0 Å². The summed E-state index contributed by atoms with van der Waals surface area (Å²) >= 11 is 3.36. The van der Waals surface area contributed by atoms with Crippen LogP contribution in [-0.4, -0.2) is 5.33 Å². The van der Waals surface area contributed by atoms with Crippen molar-refractivity contribution in [2.45, 2.75) is 19.3 Å². The summed E-state index contributed by atoms with van der Waals surface area (Å²) in [5.74, 6) is -0.163. The van der Waals surface area contributed by atoms with Crippen LogP contribution >= 0.6 is 15.9 Å². The zero-order chi connectivity index (χ0) is 10.2. The molecule has 0 radical (unpaired) electrons. The molecule has 0 aliphatic rings. The van der Waals surface area contributed by atoms with Gasteiger partial charge in [-0.3, -0.25) is 0 Å². The highest BCUT2D eigenvalue weighted by molar-refractivity contribution is 9.09. The van der Waals surface area contributed by atoms with Gasteiger partial charge in [-0.25, -0.2) is 4.39 Å². The maximum Gasteiger partial charge on any atom is 0.123 e. The molecule has 0 fully saturated rings. The summed E-state index contributed by atoms with van der Waals surface area (Å²) in [4.78, 5) is 0. The monoisotopic (exact) mass is 256 g/mol. The van der Waals surface area contributed by atoms with Gasteiger partial charge in [-0.1, -0.05) is 40.2 Å². The molecule has 0 saturated heterocycles. The lowest BCUT2D eigenvalue weighted by atomic mass is 10.1. The molecular weight excluding hydrogens is 243 g/mol. The topological polar surface area (TPSA) is 0 Å². The van der Waals surface area contributed by atoms with E-state index < -0.39 is 0 Å². The molecule has 1 aromatic carbocycles. The molecule has 0 atom stereocenters. The van der Waals surface area contributed by atoms with E-state index in [9.17, 15) is 4.39 Å². The van der Waals surface area contributed by atoms with Crippen molar-refractivity contribution in [2.75, 3.05) is 5.33 Å². The van der Waals surface area contributed by atoms with Crippen LogP contribution in [0.25, 0.3) is 0 Å². The van der Waals surface area contributed by atoms with E-state index in [1.165, 1.54) is 17.7 Å². The lowest BCUT2D eigenvalue weighted by molar-refractivity contribution is 0.627. The molecule has 0 amide bonds. The molecule has 76 valence electrons. The maximum atomic E-state index is 12.6. The highest BCUT2D eigenvalue weighted by Crippen LogP contribution is 2.06. The van der Waals surface area contributed by atoms with Gasteiger partial charge >= 0.3 is 0 Å². The van der Waals surface area contributed by atoms with Gasteiger partial charge in [0.05, 0.1) is 0 Å². The lowest BCUT2D eigenvalue weighted by Crippen LogP contribution is -1.83. The van der Waals surface area contributed by atoms with Gasteiger partial charge in [-0.15, -0.1) is 0 Å². The van der Waals surface area contributed by atoms with E-state index in [0.29, 0.717) is 0 Å². The van der Waals surface area contributed by atoms with Gasteiger partial charge in [0.2, 0.25) is 0 Å². The van der Waals surface area contributed by atoms with Crippen molar-refractivity contribution in [1.29, 1.82) is 0 Å². The van der Waals surface area contributed by atoms with Crippen molar-refractivity contribution in [3.63, 3.8) is 0 Å². The Hall–Kier alpha value is -0.630. The highest BCUT2D eigenvalue weighted by atomic mass is 79.9. The van der Waals surface area contributed by atoms with E-state index in [1.54, 1.807) is 0 Å². The first-order chi connectivity index (χ1) is 6.83. The van der Waals surface area contributed by atoms with E-state index >= 15 is 0 Å². The van der Waals surface area contributed by atoms with Gasteiger partial charge in [-0.05, 0) is 37.0 Å². The van der Waals surface area contributed by atoms with Gasteiger partial charge in [0.25, 0.3) is 0 Å². The first-order valence-electron chi connectivity index (χ1n) is 4.78. The van der Waals surface area contributed by atoms with Gasteiger partial charge < -0.3 is 0 Å². The summed E-state index contributed by atoms with van der Waals surface area (Å²) in [6.45, 7) is 0. The van der Waals surface area contributed by atoms with Crippen molar-refractivity contribution in [3.8, 4) is 0 Å². The number of halogens is 2. The number of allylic oxidation sites excluding steroid dienone is 2. The van der Waals surface area contributed by atoms with Crippen LogP contribution in [0.5, 0.6) is 0 Å². The second kappa shape index (κ2) is 6.77. The molecule has 0 saturated carbocycles. The van der Waals surface area contributed by atoms with Gasteiger partial charge in [0, 0.05) is 5.33 Å². The van der Waals surface area contributed by atoms with E-state index in [0.717, 1.165) is 24.6 Å². The van der Waals surface area contributed by atoms with Crippen LogP contribution in [-0.2, 0) is 6.42 Å². The van der Waals surface area contributed by atoms with Crippen LogP contribution in [0.1, 0.15) is 18.4 Å². The fourth-order valence-electron chi connectivity index (χ4n) is 1.20. The van der Waals surface area contributed by atoms with E-state index in [4.69, 9.17) is 0 Å². The van der Waals surface area contributed by atoms with Crippen molar-refractivity contribution >= 4 is 15.9 Å². The average molecular weight is 257 g/mol. The maximum absolute atomic E-state index is 12.6. The Kier molecular flexibility index (Phi) is 5.53. The number of hydrogen-bond donors (Lipinski definition) is 0. The summed E-state index contributed by atoms with van der Waals surface area (Å²) in [6.07, 6.45) is 7.42. The van der Waals surface area contributed by atoms with Gasteiger partial charge in [-0.2, -0.15) is 0 Å². The summed E-state index contributed by atoms with van der Waals surface area (Å²) < 4.78 is 12.6. The molecule has 0 bridgehead atoms. The van der Waals surface area contributed by atoms with Crippen LogP contribution in [0.15, 0.2) is 36.4 Å². The van der Waals surface area contributed by atoms with Crippen molar-refractivity contribution in [1.82, 2.24) is 0 Å². The van der Waals surface area contributed by atoms with Crippen molar-refractivity contribution in [2.24, 2.45) is 0 Å². The lowest BCUT2D eigenvalue weighted by Gasteiger charge is -1.97. The Morgan fingerprint density at radius 2 is 1.71 bits per heavy atom. The molecule has 0 nitrogen and oxygen atoms in total. The first kappa shape index (κ1) is 11.4. The Labute approximate surface area is 93.0 Å². The predicted octanol–water partition coefficient (Wildman–Crippen LogP) is 4.10. The third-order valence-electron chi connectivity index (χ3n) is 1.96. The second-order valence-corrected chi connectivity index (χ2v) is 3.91. The molecular formula is C12H14BrF. The minimum Gasteiger partial charge on any atom is -0.207 e. The van der Waals surface area contributed by atoms with Crippen molar-refractivity contribution in [3.05, 3.63) is 47.8 Å². The highest BCUT2D eigenvalue weighted by Gasteiger charge is 1.91. The summed E-state index contributed by atoms with van der Waals surface area (Å²) in [6, 6.07) is 6.70. The summed E-state index contributed by atoms with van der Waals surface area (Å²) in [5, 5.41) is 1.01. The molecule has 0 spiro atoms. The number of hydrogen-bond acceptors (Lipinski definition) is 0. The molecule has 0 N–H and O–H groups in total. The molecule has 0 aromatic heterocycles. The average Bonchev–Trinajstić information content (AvgIpc) is 2.21. The Morgan fingerprint density at radius 3 is 2.36 bits per heavy atom. The molecule has 0 heterocycles. The zero-order valence-electron chi connectivity index (χ0n) is 8.05.